The van der Waals surface area contributed by atoms with Gasteiger partial charge in [-0.1, -0.05) is 49.8 Å². The lowest BCUT2D eigenvalue weighted by Gasteiger charge is -2.41. The molecule has 0 spiro atoms. The molecule has 4 aliphatic rings. The van der Waals surface area contributed by atoms with Crippen molar-refractivity contribution < 1.29 is 24.5 Å². The summed E-state index contributed by atoms with van der Waals surface area (Å²) in [6.45, 7) is 8.80. The van der Waals surface area contributed by atoms with Gasteiger partial charge in [-0.05, 0) is 73.3 Å². The van der Waals surface area contributed by atoms with Crippen molar-refractivity contribution in [1.82, 2.24) is 0 Å². The zero-order valence-electron chi connectivity index (χ0n) is 19.6. The second-order valence-electron chi connectivity index (χ2n) is 10.4. The topological polar surface area (TPSA) is 76.0 Å². The molecule has 0 aromatic rings. The number of esters is 1. The van der Waals surface area contributed by atoms with Gasteiger partial charge in [0.15, 0.2) is 5.79 Å². The van der Waals surface area contributed by atoms with Crippen LogP contribution in [0.25, 0.3) is 0 Å². The fourth-order valence-electron chi connectivity index (χ4n) is 5.79. The Morgan fingerprint density at radius 2 is 2.12 bits per heavy atom. The number of carbonyl (C=O) groups is 1. The van der Waals surface area contributed by atoms with Crippen molar-refractivity contribution in [2.45, 2.75) is 83.5 Å². The molecule has 0 bridgehead atoms. The number of rotatable bonds is 7. The van der Waals surface area contributed by atoms with E-state index in [0.717, 1.165) is 37.7 Å². The average molecular weight is 443 g/mol. The fourth-order valence-corrected chi connectivity index (χ4v) is 5.79. The highest BCUT2D eigenvalue weighted by Gasteiger charge is 2.44. The molecule has 4 rings (SSSR count). The molecule has 5 nitrogen and oxygen atoms in total. The maximum Gasteiger partial charge on any atom is 0.332 e. The molecule has 32 heavy (non-hydrogen) atoms. The van der Waals surface area contributed by atoms with Crippen LogP contribution in [0.2, 0.25) is 0 Å². The fraction of sp³-hybridized carbons (Fsp3) is 0.667. The molecule has 176 valence electrons. The Balaban J connectivity index is 1.43. The first-order chi connectivity index (χ1) is 15.2. The molecule has 0 saturated heterocycles. The highest BCUT2D eigenvalue weighted by Crippen LogP contribution is 2.55. The van der Waals surface area contributed by atoms with Crippen LogP contribution < -0.4 is 0 Å². The Bertz CT molecular complexity index is 848. The van der Waals surface area contributed by atoms with Crippen molar-refractivity contribution in [2.75, 3.05) is 13.2 Å². The SMILES string of the molecule is C=C1C(=CC=C2CCC[C@]3(C)C(CC)=CC[C@@H]23)C[C@](O)(OCC(=O)OCC2CC2)C[C@@H]1O. The molecular formula is C27H38O5. The maximum atomic E-state index is 11.9. The van der Waals surface area contributed by atoms with Crippen LogP contribution in [-0.2, 0) is 14.3 Å². The summed E-state index contributed by atoms with van der Waals surface area (Å²) in [5.74, 6) is -1.07. The van der Waals surface area contributed by atoms with E-state index in [9.17, 15) is 15.0 Å². The first-order valence-corrected chi connectivity index (χ1v) is 12.2. The van der Waals surface area contributed by atoms with Crippen molar-refractivity contribution >= 4 is 5.97 Å². The highest BCUT2D eigenvalue weighted by atomic mass is 16.6. The van der Waals surface area contributed by atoms with Gasteiger partial charge in [-0.2, -0.15) is 0 Å². The van der Waals surface area contributed by atoms with Crippen molar-refractivity contribution in [1.29, 1.82) is 0 Å². The van der Waals surface area contributed by atoms with Gasteiger partial charge in [0, 0.05) is 12.8 Å². The first-order valence-electron chi connectivity index (χ1n) is 12.2. The van der Waals surface area contributed by atoms with Gasteiger partial charge in [0.1, 0.15) is 6.61 Å². The van der Waals surface area contributed by atoms with E-state index in [1.807, 2.05) is 6.08 Å². The molecule has 0 radical (unpaired) electrons. The molecule has 4 atom stereocenters. The monoisotopic (exact) mass is 442 g/mol. The molecular weight excluding hydrogens is 404 g/mol. The minimum Gasteiger partial charge on any atom is -0.464 e. The highest BCUT2D eigenvalue weighted by molar-refractivity contribution is 5.70. The molecule has 3 saturated carbocycles. The lowest BCUT2D eigenvalue weighted by Crippen LogP contribution is -2.43. The molecule has 0 heterocycles. The summed E-state index contributed by atoms with van der Waals surface area (Å²) in [6.07, 6.45) is 13.8. The van der Waals surface area contributed by atoms with E-state index in [1.54, 1.807) is 5.57 Å². The van der Waals surface area contributed by atoms with Crippen molar-refractivity contribution in [2.24, 2.45) is 17.3 Å². The normalized spacial score (nSPS) is 37.5. The zero-order valence-corrected chi connectivity index (χ0v) is 19.6. The van der Waals surface area contributed by atoms with Gasteiger partial charge in [-0.3, -0.25) is 0 Å². The minimum atomic E-state index is -1.60. The van der Waals surface area contributed by atoms with Crippen molar-refractivity contribution in [3.8, 4) is 0 Å². The van der Waals surface area contributed by atoms with E-state index < -0.39 is 17.9 Å². The van der Waals surface area contributed by atoms with Gasteiger partial charge < -0.3 is 19.7 Å². The van der Waals surface area contributed by atoms with Gasteiger partial charge in [0.25, 0.3) is 0 Å². The van der Waals surface area contributed by atoms with E-state index in [0.29, 0.717) is 24.0 Å². The number of allylic oxidation sites excluding steroid dienone is 5. The Morgan fingerprint density at radius 1 is 1.34 bits per heavy atom. The maximum absolute atomic E-state index is 11.9. The van der Waals surface area contributed by atoms with Crippen LogP contribution in [0.3, 0.4) is 0 Å². The predicted octanol–water partition coefficient (Wildman–Crippen LogP) is 4.76. The van der Waals surface area contributed by atoms with Crippen LogP contribution >= 0.6 is 0 Å². The van der Waals surface area contributed by atoms with E-state index in [1.165, 1.54) is 18.4 Å². The summed E-state index contributed by atoms with van der Waals surface area (Å²) in [5, 5.41) is 21.5. The Kier molecular flexibility index (Phi) is 6.81. The molecule has 3 fully saturated rings. The van der Waals surface area contributed by atoms with Gasteiger partial charge >= 0.3 is 5.97 Å². The Morgan fingerprint density at radius 3 is 2.84 bits per heavy atom. The molecule has 2 N–H and O–H groups in total. The number of hydrogen-bond donors (Lipinski definition) is 2. The summed E-state index contributed by atoms with van der Waals surface area (Å²) in [7, 11) is 0. The zero-order chi connectivity index (χ0) is 22.9. The molecule has 0 unspecified atom stereocenters. The number of fused-ring (bicyclic) bond motifs is 1. The molecule has 4 aliphatic carbocycles. The van der Waals surface area contributed by atoms with Gasteiger partial charge in [0.05, 0.1) is 12.7 Å². The lowest BCUT2D eigenvalue weighted by molar-refractivity contribution is -0.225. The van der Waals surface area contributed by atoms with Crippen LogP contribution in [0.15, 0.2) is 47.1 Å². The van der Waals surface area contributed by atoms with Crippen LogP contribution in [0.4, 0.5) is 0 Å². The lowest BCUT2D eigenvalue weighted by atomic mass is 9.64. The summed E-state index contributed by atoms with van der Waals surface area (Å²) in [4.78, 5) is 11.9. The third kappa shape index (κ3) is 4.95. The molecule has 0 aromatic heterocycles. The van der Waals surface area contributed by atoms with Crippen LogP contribution in [-0.4, -0.2) is 41.3 Å². The molecule has 5 heteroatoms. The molecule has 0 aromatic carbocycles. The standard InChI is InChI=1S/C27H38O5/c1-4-22-11-12-23-20(6-5-13-26(22,23)3)9-10-21-14-27(30,15-24(28)18(21)2)32-17-25(29)31-16-19-7-8-19/h9-11,19,23-24,28,30H,2,4-8,12-17H2,1,3H3/t23-,24-,26+,27-/m0/s1. The average Bonchev–Trinajstić information content (AvgIpc) is 3.52. The quantitative estimate of drug-likeness (QED) is 0.338. The number of aliphatic hydroxyl groups is 2. The predicted molar refractivity (Wildman–Crippen MR) is 124 cm³/mol. The number of aliphatic hydroxyl groups excluding tert-OH is 1. The summed E-state index contributed by atoms with van der Waals surface area (Å²) >= 11 is 0. The van der Waals surface area contributed by atoms with Crippen LogP contribution in [0.5, 0.6) is 0 Å². The number of ether oxygens (including phenoxy) is 2. The number of hydrogen-bond acceptors (Lipinski definition) is 5. The second-order valence-corrected chi connectivity index (χ2v) is 10.4. The Labute approximate surface area is 191 Å². The largest absolute Gasteiger partial charge is 0.464 e. The summed E-state index contributed by atoms with van der Waals surface area (Å²) in [6, 6.07) is 0. The van der Waals surface area contributed by atoms with E-state index >= 15 is 0 Å². The van der Waals surface area contributed by atoms with E-state index in [-0.39, 0.29) is 24.9 Å². The Hall–Kier alpha value is -1.69. The minimum absolute atomic E-state index is 0.000125. The van der Waals surface area contributed by atoms with Crippen LogP contribution in [0.1, 0.15) is 71.6 Å². The first kappa shape index (κ1) is 23.5. The number of carbonyl (C=O) groups excluding carboxylic acids is 1. The molecule has 0 amide bonds. The third-order valence-electron chi connectivity index (χ3n) is 8.02. The van der Waals surface area contributed by atoms with E-state index in [2.05, 4.69) is 32.6 Å². The van der Waals surface area contributed by atoms with Gasteiger partial charge in [-0.25, -0.2) is 4.79 Å². The van der Waals surface area contributed by atoms with Crippen molar-refractivity contribution in [3.05, 3.63) is 47.1 Å². The van der Waals surface area contributed by atoms with Gasteiger partial charge in [0.2, 0.25) is 0 Å². The molecule has 0 aliphatic heterocycles. The second kappa shape index (κ2) is 9.28. The van der Waals surface area contributed by atoms with Gasteiger partial charge in [-0.15, -0.1) is 0 Å². The summed E-state index contributed by atoms with van der Waals surface area (Å²) in [5.41, 5.74) is 4.66. The smallest absolute Gasteiger partial charge is 0.332 e. The van der Waals surface area contributed by atoms with Crippen LogP contribution in [0, 0.1) is 17.3 Å². The summed E-state index contributed by atoms with van der Waals surface area (Å²) < 4.78 is 10.7. The third-order valence-corrected chi connectivity index (χ3v) is 8.02. The van der Waals surface area contributed by atoms with Crippen molar-refractivity contribution in [3.63, 3.8) is 0 Å². The van der Waals surface area contributed by atoms with E-state index in [4.69, 9.17) is 9.47 Å².